The number of hydrogen-bond donors (Lipinski definition) is 0. The summed E-state index contributed by atoms with van der Waals surface area (Å²) in [7, 11) is 4.71. The molecule has 0 saturated carbocycles. The first-order valence-electron chi connectivity index (χ1n) is 12.4. The number of piperidine rings is 1. The molecule has 0 spiro atoms. The first kappa shape index (κ1) is 24.4. The van der Waals surface area contributed by atoms with Crippen LogP contribution in [0.15, 0.2) is 42.5 Å². The first-order chi connectivity index (χ1) is 16.5. The van der Waals surface area contributed by atoms with Gasteiger partial charge in [-0.3, -0.25) is 4.79 Å². The van der Waals surface area contributed by atoms with Gasteiger partial charge < -0.3 is 24.0 Å². The standard InChI is InChI=1S/C28H38N2O4/c1-21-10-14-29(15-11-21)16-12-28(23-8-6-5-7-9-23)13-17-30(20-28)27(31)22-18-24(32-2)26(34-4)25(19-22)33-3/h5-9,18-19,21H,10-17,20H2,1-4H3. The molecule has 0 aliphatic carbocycles. The van der Waals surface area contributed by atoms with Gasteiger partial charge in [-0.15, -0.1) is 0 Å². The van der Waals surface area contributed by atoms with Crippen LogP contribution in [0.1, 0.15) is 48.5 Å². The molecule has 2 fully saturated rings. The highest BCUT2D eigenvalue weighted by atomic mass is 16.5. The van der Waals surface area contributed by atoms with Gasteiger partial charge in [-0.1, -0.05) is 37.3 Å². The molecule has 0 N–H and O–H groups in total. The van der Waals surface area contributed by atoms with Crippen LogP contribution in [0.4, 0.5) is 0 Å². The summed E-state index contributed by atoms with van der Waals surface area (Å²) < 4.78 is 16.4. The van der Waals surface area contributed by atoms with Crippen molar-refractivity contribution < 1.29 is 19.0 Å². The minimum absolute atomic E-state index is 0.00357. The molecular weight excluding hydrogens is 428 g/mol. The molecule has 2 aliphatic heterocycles. The van der Waals surface area contributed by atoms with Crippen molar-refractivity contribution in [3.63, 3.8) is 0 Å². The van der Waals surface area contributed by atoms with Crippen LogP contribution in [0.5, 0.6) is 17.2 Å². The fourth-order valence-corrected chi connectivity index (χ4v) is 5.47. The van der Waals surface area contributed by atoms with E-state index in [9.17, 15) is 4.79 Å². The summed E-state index contributed by atoms with van der Waals surface area (Å²) in [5.74, 6) is 2.33. The largest absolute Gasteiger partial charge is 0.493 e. The molecule has 34 heavy (non-hydrogen) atoms. The molecular formula is C28H38N2O4. The SMILES string of the molecule is COc1cc(C(=O)N2CCC(CCN3CCC(C)CC3)(c3ccccc3)C2)cc(OC)c1OC. The molecule has 184 valence electrons. The lowest BCUT2D eigenvalue weighted by Crippen LogP contribution is -2.40. The highest BCUT2D eigenvalue weighted by Gasteiger charge is 2.41. The second kappa shape index (κ2) is 10.7. The highest BCUT2D eigenvalue weighted by Crippen LogP contribution is 2.41. The number of methoxy groups -OCH3 is 3. The van der Waals surface area contributed by atoms with Gasteiger partial charge in [-0.05, 0) is 68.9 Å². The molecule has 1 amide bonds. The predicted molar refractivity (Wildman–Crippen MR) is 134 cm³/mol. The molecule has 6 heteroatoms. The summed E-state index contributed by atoms with van der Waals surface area (Å²) in [6.45, 7) is 7.25. The summed E-state index contributed by atoms with van der Waals surface area (Å²) >= 11 is 0. The van der Waals surface area contributed by atoms with Gasteiger partial charge in [-0.25, -0.2) is 0 Å². The summed E-state index contributed by atoms with van der Waals surface area (Å²) in [6, 6.07) is 14.3. The van der Waals surface area contributed by atoms with Crippen LogP contribution in [-0.4, -0.2) is 69.8 Å². The Morgan fingerprint density at radius 3 is 2.21 bits per heavy atom. The summed E-state index contributed by atoms with van der Waals surface area (Å²) in [6.07, 6.45) is 4.59. The Balaban J connectivity index is 1.55. The van der Waals surface area contributed by atoms with Gasteiger partial charge in [0.1, 0.15) is 0 Å². The first-order valence-corrected chi connectivity index (χ1v) is 12.4. The van der Waals surface area contributed by atoms with Gasteiger partial charge in [-0.2, -0.15) is 0 Å². The maximum absolute atomic E-state index is 13.6. The molecule has 0 radical (unpaired) electrons. The minimum Gasteiger partial charge on any atom is -0.493 e. The average molecular weight is 467 g/mol. The average Bonchev–Trinajstić information content (AvgIpc) is 3.33. The number of benzene rings is 2. The van der Waals surface area contributed by atoms with E-state index in [-0.39, 0.29) is 11.3 Å². The van der Waals surface area contributed by atoms with Crippen LogP contribution >= 0.6 is 0 Å². The molecule has 2 saturated heterocycles. The van der Waals surface area contributed by atoms with Crippen LogP contribution in [-0.2, 0) is 5.41 Å². The quantitative estimate of drug-likeness (QED) is 0.568. The van der Waals surface area contributed by atoms with E-state index in [1.807, 2.05) is 4.90 Å². The summed E-state index contributed by atoms with van der Waals surface area (Å²) in [5, 5.41) is 0. The molecule has 4 rings (SSSR count). The third-order valence-electron chi connectivity index (χ3n) is 7.72. The van der Waals surface area contributed by atoms with Crippen molar-refractivity contribution in [1.82, 2.24) is 9.80 Å². The van der Waals surface area contributed by atoms with Crippen LogP contribution in [0.2, 0.25) is 0 Å². The Morgan fingerprint density at radius 1 is 0.971 bits per heavy atom. The third kappa shape index (κ3) is 5.02. The number of ether oxygens (including phenoxy) is 3. The van der Waals surface area contributed by atoms with Gasteiger partial charge in [0, 0.05) is 24.1 Å². The number of carbonyl (C=O) groups excluding carboxylic acids is 1. The Kier molecular flexibility index (Phi) is 7.67. The van der Waals surface area contributed by atoms with Crippen molar-refractivity contribution in [2.75, 3.05) is 54.1 Å². The lowest BCUT2D eigenvalue weighted by atomic mass is 9.76. The maximum Gasteiger partial charge on any atom is 0.254 e. The molecule has 2 aromatic carbocycles. The van der Waals surface area contributed by atoms with E-state index >= 15 is 0 Å². The Labute approximate surface area is 203 Å². The minimum atomic E-state index is -0.0272. The van der Waals surface area contributed by atoms with E-state index < -0.39 is 0 Å². The Hall–Kier alpha value is -2.73. The number of amides is 1. The fraction of sp³-hybridized carbons (Fsp3) is 0.536. The van der Waals surface area contributed by atoms with Gasteiger partial charge in [0.15, 0.2) is 11.5 Å². The Bertz CT molecular complexity index is 947. The van der Waals surface area contributed by atoms with Crippen LogP contribution in [0, 0.1) is 5.92 Å². The lowest BCUT2D eigenvalue weighted by Gasteiger charge is -2.35. The molecule has 1 atom stereocenters. The second-order valence-corrected chi connectivity index (χ2v) is 9.81. The summed E-state index contributed by atoms with van der Waals surface area (Å²) in [5.41, 5.74) is 1.87. The predicted octanol–water partition coefficient (Wildman–Crippen LogP) is 4.62. The van der Waals surface area contributed by atoms with Crippen molar-refractivity contribution in [2.45, 2.75) is 38.0 Å². The molecule has 2 heterocycles. The molecule has 2 aliphatic rings. The fourth-order valence-electron chi connectivity index (χ4n) is 5.47. The topological polar surface area (TPSA) is 51.2 Å². The van der Waals surface area contributed by atoms with E-state index in [1.54, 1.807) is 33.5 Å². The van der Waals surface area contributed by atoms with Crippen molar-refractivity contribution in [1.29, 1.82) is 0 Å². The molecule has 2 aromatic rings. The second-order valence-electron chi connectivity index (χ2n) is 9.81. The van der Waals surface area contributed by atoms with Crippen LogP contribution < -0.4 is 14.2 Å². The van der Waals surface area contributed by atoms with Crippen LogP contribution in [0.25, 0.3) is 0 Å². The van der Waals surface area contributed by atoms with Gasteiger partial charge in [0.25, 0.3) is 5.91 Å². The zero-order valence-corrected chi connectivity index (χ0v) is 21.0. The number of hydrogen-bond acceptors (Lipinski definition) is 5. The zero-order chi connectivity index (χ0) is 24.1. The zero-order valence-electron chi connectivity index (χ0n) is 21.0. The van der Waals surface area contributed by atoms with Crippen molar-refractivity contribution in [2.24, 2.45) is 5.92 Å². The van der Waals surface area contributed by atoms with Gasteiger partial charge >= 0.3 is 0 Å². The van der Waals surface area contributed by atoms with E-state index in [4.69, 9.17) is 14.2 Å². The van der Waals surface area contributed by atoms with Gasteiger partial charge in [0.2, 0.25) is 5.75 Å². The Morgan fingerprint density at radius 2 is 1.62 bits per heavy atom. The van der Waals surface area contributed by atoms with E-state index in [1.165, 1.54) is 31.5 Å². The van der Waals surface area contributed by atoms with Crippen molar-refractivity contribution >= 4 is 5.91 Å². The highest BCUT2D eigenvalue weighted by molar-refractivity contribution is 5.96. The van der Waals surface area contributed by atoms with E-state index in [0.29, 0.717) is 22.8 Å². The number of likely N-dealkylation sites (tertiary alicyclic amines) is 2. The van der Waals surface area contributed by atoms with Gasteiger partial charge in [0.05, 0.1) is 21.3 Å². The van der Waals surface area contributed by atoms with Crippen molar-refractivity contribution in [3.05, 3.63) is 53.6 Å². The van der Waals surface area contributed by atoms with E-state index in [0.717, 1.165) is 38.4 Å². The van der Waals surface area contributed by atoms with Crippen LogP contribution in [0.3, 0.4) is 0 Å². The third-order valence-corrected chi connectivity index (χ3v) is 7.72. The number of rotatable bonds is 8. The number of nitrogens with zero attached hydrogens (tertiary/aromatic N) is 2. The smallest absolute Gasteiger partial charge is 0.254 e. The number of carbonyl (C=O) groups is 1. The van der Waals surface area contributed by atoms with Crippen molar-refractivity contribution in [3.8, 4) is 17.2 Å². The normalized spacial score (nSPS) is 21.5. The molecule has 6 nitrogen and oxygen atoms in total. The monoisotopic (exact) mass is 466 g/mol. The van der Waals surface area contributed by atoms with E-state index in [2.05, 4.69) is 42.2 Å². The lowest BCUT2D eigenvalue weighted by molar-refractivity contribution is 0.0779. The maximum atomic E-state index is 13.6. The summed E-state index contributed by atoms with van der Waals surface area (Å²) in [4.78, 5) is 18.2. The molecule has 0 aromatic heterocycles. The molecule has 1 unspecified atom stereocenters. The molecule has 0 bridgehead atoms.